The van der Waals surface area contributed by atoms with Crippen LogP contribution in [0.15, 0.2) is 24.3 Å². The van der Waals surface area contributed by atoms with Gasteiger partial charge in [-0.1, -0.05) is 42.5 Å². The van der Waals surface area contributed by atoms with Crippen LogP contribution in [0.25, 0.3) is 0 Å². The highest BCUT2D eigenvalue weighted by molar-refractivity contribution is 7.14. The molecule has 0 spiro atoms. The second-order valence-corrected chi connectivity index (χ2v) is 8.79. The number of carboxylic acid groups (broad SMARTS) is 1. The zero-order valence-corrected chi connectivity index (χ0v) is 16.7. The number of benzene rings is 1. The normalized spacial score (nSPS) is 12.4. The molecule has 0 amide bonds. The van der Waals surface area contributed by atoms with Gasteiger partial charge < -0.3 is 5.11 Å². The van der Waals surface area contributed by atoms with Crippen molar-refractivity contribution in [2.24, 2.45) is 5.41 Å². The average molecular weight is 355 g/mol. The summed E-state index contributed by atoms with van der Waals surface area (Å²) in [5, 5.41) is 9.54. The third-order valence-corrected chi connectivity index (χ3v) is 5.13. The van der Waals surface area contributed by atoms with Crippen LogP contribution in [0.3, 0.4) is 0 Å². The Morgan fingerprint density at radius 3 is 2.48 bits per heavy atom. The molecular formula is C22H26O2S. The highest BCUT2D eigenvalue weighted by Gasteiger charge is 2.18. The van der Waals surface area contributed by atoms with E-state index in [1.54, 1.807) is 0 Å². The molecular weight excluding hydrogens is 328 g/mol. The summed E-state index contributed by atoms with van der Waals surface area (Å²) >= 11 is 1.28. The molecule has 0 aliphatic carbocycles. The lowest BCUT2D eigenvalue weighted by Gasteiger charge is -2.15. The zero-order chi connectivity index (χ0) is 18.8. The molecule has 1 aromatic carbocycles. The maximum absolute atomic E-state index is 11.6. The lowest BCUT2D eigenvalue weighted by atomic mass is 9.90. The summed E-state index contributed by atoms with van der Waals surface area (Å²) in [7, 11) is 0. The van der Waals surface area contributed by atoms with E-state index in [2.05, 4.69) is 71.6 Å². The van der Waals surface area contributed by atoms with Gasteiger partial charge in [0.25, 0.3) is 0 Å². The minimum atomic E-state index is -0.864. The van der Waals surface area contributed by atoms with Gasteiger partial charge in [0.2, 0.25) is 0 Å². The molecule has 1 heterocycles. The Balaban J connectivity index is 2.32. The first kappa shape index (κ1) is 19.3. The van der Waals surface area contributed by atoms with Crippen LogP contribution >= 0.6 is 11.3 Å². The summed E-state index contributed by atoms with van der Waals surface area (Å²) in [6, 6.07) is 8.40. The van der Waals surface area contributed by atoms with Crippen LogP contribution in [-0.4, -0.2) is 11.1 Å². The van der Waals surface area contributed by atoms with Crippen LogP contribution in [0, 0.1) is 31.1 Å². The van der Waals surface area contributed by atoms with Gasteiger partial charge in [-0.3, -0.25) is 0 Å². The quantitative estimate of drug-likeness (QED) is 0.704. The van der Waals surface area contributed by atoms with Gasteiger partial charge in [0, 0.05) is 5.41 Å². The van der Waals surface area contributed by atoms with Crippen molar-refractivity contribution in [1.29, 1.82) is 0 Å². The summed E-state index contributed by atoms with van der Waals surface area (Å²) in [6.07, 6.45) is 0.708. The Morgan fingerprint density at radius 2 is 1.92 bits per heavy atom. The van der Waals surface area contributed by atoms with E-state index in [0.29, 0.717) is 11.3 Å². The van der Waals surface area contributed by atoms with Crippen molar-refractivity contribution in [3.8, 4) is 11.8 Å². The SMILES string of the molecule is Cc1ccc(C(C)Cc2cc(C#CC(C)(C)C)sc2C(=O)O)c(C)c1. The summed E-state index contributed by atoms with van der Waals surface area (Å²) in [4.78, 5) is 12.9. The standard InChI is InChI=1S/C22H26O2S/c1-14-7-8-19(15(2)11-14)16(3)12-17-13-18(9-10-22(4,5)6)25-20(17)21(23)24/h7-8,11,13,16H,12H2,1-6H3,(H,23,24). The fourth-order valence-corrected chi connectivity index (χ4v) is 3.77. The van der Waals surface area contributed by atoms with Crippen LogP contribution in [-0.2, 0) is 6.42 Å². The molecule has 2 aromatic rings. The topological polar surface area (TPSA) is 37.3 Å². The second kappa shape index (κ2) is 7.45. The van der Waals surface area contributed by atoms with Gasteiger partial charge in [-0.05, 0) is 69.7 Å². The second-order valence-electron chi connectivity index (χ2n) is 7.74. The fraction of sp³-hybridized carbons (Fsp3) is 0.409. The molecule has 1 unspecified atom stereocenters. The summed E-state index contributed by atoms with van der Waals surface area (Å²) in [5.74, 6) is 5.72. The van der Waals surface area contributed by atoms with E-state index in [-0.39, 0.29) is 11.3 Å². The summed E-state index contributed by atoms with van der Waals surface area (Å²) in [6.45, 7) is 12.5. The minimum absolute atomic E-state index is 0.0974. The van der Waals surface area contributed by atoms with Crippen molar-refractivity contribution in [2.45, 2.75) is 53.9 Å². The molecule has 2 nitrogen and oxygen atoms in total. The fourth-order valence-electron chi connectivity index (χ4n) is 2.89. The number of rotatable bonds is 4. The molecule has 0 aliphatic rings. The van der Waals surface area contributed by atoms with E-state index in [4.69, 9.17) is 0 Å². The highest BCUT2D eigenvalue weighted by atomic mass is 32.1. The third-order valence-electron chi connectivity index (χ3n) is 4.05. The first-order valence-electron chi connectivity index (χ1n) is 8.53. The molecule has 1 N–H and O–H groups in total. The Labute approximate surface area is 154 Å². The molecule has 0 aliphatic heterocycles. The first-order chi connectivity index (χ1) is 11.6. The molecule has 0 saturated carbocycles. The first-order valence-corrected chi connectivity index (χ1v) is 9.35. The third kappa shape index (κ3) is 5.21. The smallest absolute Gasteiger partial charge is 0.346 e. The van der Waals surface area contributed by atoms with Gasteiger partial charge in [-0.25, -0.2) is 4.79 Å². The largest absolute Gasteiger partial charge is 0.477 e. The molecule has 0 fully saturated rings. The minimum Gasteiger partial charge on any atom is -0.477 e. The molecule has 0 bridgehead atoms. The molecule has 0 radical (unpaired) electrons. The van der Waals surface area contributed by atoms with Crippen molar-refractivity contribution in [1.82, 2.24) is 0 Å². The number of carbonyl (C=O) groups is 1. The Hall–Kier alpha value is -2.05. The molecule has 0 saturated heterocycles. The molecule has 1 atom stereocenters. The van der Waals surface area contributed by atoms with Crippen LogP contribution in [0.2, 0.25) is 0 Å². The Bertz CT molecular complexity index is 841. The molecule has 2 rings (SSSR count). The van der Waals surface area contributed by atoms with Gasteiger partial charge >= 0.3 is 5.97 Å². The van der Waals surface area contributed by atoms with Crippen LogP contribution in [0.5, 0.6) is 0 Å². The van der Waals surface area contributed by atoms with Crippen molar-refractivity contribution in [3.05, 3.63) is 56.3 Å². The zero-order valence-electron chi connectivity index (χ0n) is 15.9. The molecule has 3 heteroatoms. The lowest BCUT2D eigenvalue weighted by molar-refractivity contribution is 0.0701. The van der Waals surface area contributed by atoms with E-state index in [1.165, 1.54) is 28.0 Å². The van der Waals surface area contributed by atoms with Crippen molar-refractivity contribution >= 4 is 17.3 Å². The molecule has 1 aromatic heterocycles. The van der Waals surface area contributed by atoms with Crippen LogP contribution < -0.4 is 0 Å². The summed E-state index contributed by atoms with van der Waals surface area (Å²) in [5.41, 5.74) is 4.56. The van der Waals surface area contributed by atoms with Gasteiger partial charge in [0.1, 0.15) is 4.88 Å². The predicted molar refractivity (Wildman–Crippen MR) is 106 cm³/mol. The lowest BCUT2D eigenvalue weighted by Crippen LogP contribution is -2.04. The predicted octanol–water partition coefficient (Wildman–Crippen LogP) is 5.81. The van der Waals surface area contributed by atoms with Crippen molar-refractivity contribution < 1.29 is 9.90 Å². The van der Waals surface area contributed by atoms with E-state index in [1.807, 2.05) is 6.07 Å². The average Bonchev–Trinajstić information content (AvgIpc) is 2.87. The van der Waals surface area contributed by atoms with Crippen LogP contribution in [0.1, 0.15) is 70.4 Å². The highest BCUT2D eigenvalue weighted by Crippen LogP contribution is 2.30. The van der Waals surface area contributed by atoms with E-state index >= 15 is 0 Å². The van der Waals surface area contributed by atoms with E-state index < -0.39 is 5.97 Å². The number of carboxylic acids is 1. The number of hydrogen-bond donors (Lipinski definition) is 1. The number of thiophene rings is 1. The number of aryl methyl sites for hydroxylation is 2. The summed E-state index contributed by atoms with van der Waals surface area (Å²) < 4.78 is 0. The molecule has 132 valence electrons. The maximum atomic E-state index is 11.6. The van der Waals surface area contributed by atoms with Gasteiger partial charge in [0.05, 0.1) is 4.88 Å². The van der Waals surface area contributed by atoms with E-state index in [9.17, 15) is 9.90 Å². The van der Waals surface area contributed by atoms with Gasteiger partial charge in [-0.15, -0.1) is 11.3 Å². The van der Waals surface area contributed by atoms with Crippen molar-refractivity contribution in [3.63, 3.8) is 0 Å². The maximum Gasteiger partial charge on any atom is 0.346 e. The Morgan fingerprint density at radius 1 is 1.24 bits per heavy atom. The van der Waals surface area contributed by atoms with E-state index in [0.717, 1.165) is 10.4 Å². The number of aromatic carboxylic acids is 1. The molecule has 25 heavy (non-hydrogen) atoms. The van der Waals surface area contributed by atoms with Crippen molar-refractivity contribution in [2.75, 3.05) is 0 Å². The Kier molecular flexibility index (Phi) is 5.75. The van der Waals surface area contributed by atoms with Gasteiger partial charge in [0.15, 0.2) is 0 Å². The van der Waals surface area contributed by atoms with Gasteiger partial charge in [-0.2, -0.15) is 0 Å². The van der Waals surface area contributed by atoms with Crippen LogP contribution in [0.4, 0.5) is 0 Å². The number of hydrogen-bond acceptors (Lipinski definition) is 2. The monoisotopic (exact) mass is 354 g/mol.